The highest BCUT2D eigenvalue weighted by molar-refractivity contribution is 6.14. The molecule has 0 saturated carbocycles. The minimum Gasteiger partial charge on any atom is -0.455 e. The highest BCUT2D eigenvalue weighted by atomic mass is 16.3. The lowest BCUT2D eigenvalue weighted by Gasteiger charge is -2.11. The normalized spacial score (nSPS) is 12.1. The monoisotopic (exact) mass is 743 g/mol. The van der Waals surface area contributed by atoms with Crippen LogP contribution in [0.4, 0.5) is 0 Å². The summed E-state index contributed by atoms with van der Waals surface area (Å²) < 4.78 is 17.7. The molecule has 5 aromatic heterocycles. The Bertz CT molecular complexity index is 3720. The molecule has 0 unspecified atom stereocenters. The second-order valence-corrected chi connectivity index (χ2v) is 14.8. The maximum atomic E-state index is 6.75. The molecular formula is C51H29N5O2. The summed E-state index contributed by atoms with van der Waals surface area (Å²) in [7, 11) is 0. The number of rotatable bonds is 4. The van der Waals surface area contributed by atoms with Gasteiger partial charge in [0.15, 0.2) is 17.2 Å². The highest BCUT2D eigenvalue weighted by Crippen LogP contribution is 2.40. The number of benzene rings is 8. The first-order valence-electron chi connectivity index (χ1n) is 19.4. The summed E-state index contributed by atoms with van der Waals surface area (Å²) in [5, 5.41) is 8.73. The molecule has 0 saturated heterocycles. The van der Waals surface area contributed by atoms with Crippen LogP contribution in [0.5, 0.6) is 0 Å². The quantitative estimate of drug-likeness (QED) is 0.179. The van der Waals surface area contributed by atoms with Crippen molar-refractivity contribution in [2.75, 3.05) is 0 Å². The molecule has 0 aliphatic heterocycles. The molecule has 5 heterocycles. The Morgan fingerprint density at radius 3 is 1.52 bits per heavy atom. The number of furan rings is 2. The van der Waals surface area contributed by atoms with Gasteiger partial charge in [-0.15, -0.1) is 0 Å². The molecule has 0 bridgehead atoms. The van der Waals surface area contributed by atoms with Crippen molar-refractivity contribution in [3.63, 3.8) is 0 Å². The van der Waals surface area contributed by atoms with Crippen molar-refractivity contribution in [1.82, 2.24) is 24.1 Å². The van der Waals surface area contributed by atoms with Crippen LogP contribution >= 0.6 is 0 Å². The Morgan fingerprint density at radius 2 is 0.845 bits per heavy atom. The summed E-state index contributed by atoms with van der Waals surface area (Å²) in [6.07, 6.45) is 0. The van der Waals surface area contributed by atoms with Gasteiger partial charge < -0.3 is 13.4 Å². The summed E-state index contributed by atoms with van der Waals surface area (Å²) in [5.41, 5.74) is 10.1. The van der Waals surface area contributed by atoms with Gasteiger partial charge in [-0.25, -0.2) is 4.98 Å². The number of hydrogen-bond acceptors (Lipinski definition) is 5. The van der Waals surface area contributed by atoms with Crippen molar-refractivity contribution in [3.8, 4) is 34.4 Å². The van der Waals surface area contributed by atoms with Crippen molar-refractivity contribution in [2.24, 2.45) is 0 Å². The molecule has 8 aromatic carbocycles. The predicted octanol–water partition coefficient (Wildman–Crippen LogP) is 13.2. The van der Waals surface area contributed by atoms with E-state index in [1.807, 2.05) is 42.5 Å². The molecule has 0 atom stereocenters. The van der Waals surface area contributed by atoms with E-state index in [1.165, 1.54) is 10.8 Å². The van der Waals surface area contributed by atoms with E-state index in [9.17, 15) is 0 Å². The number of aromatic nitrogens is 5. The van der Waals surface area contributed by atoms with Crippen molar-refractivity contribution in [3.05, 3.63) is 176 Å². The lowest BCUT2D eigenvalue weighted by molar-refractivity contribution is 0.666. The van der Waals surface area contributed by atoms with E-state index in [0.29, 0.717) is 17.6 Å². The standard InChI is InChI=1S/C51H29N5O2/c1-6-21-40-31(13-1)32-14-2-7-22-41(32)55(40)44-25-12-19-37-39-29-30(27-28-46(39)58-48(37)44)49-52-50(38-20-11-18-36-35-17-5-10-26-45(35)57-47(36)38)54-51(53-49)56-42-23-8-3-15-33(42)34-16-4-9-24-43(34)56/h1-29H. The zero-order valence-electron chi connectivity index (χ0n) is 30.8. The van der Waals surface area contributed by atoms with Gasteiger partial charge in [0.25, 0.3) is 0 Å². The van der Waals surface area contributed by atoms with Crippen LogP contribution < -0.4 is 0 Å². The van der Waals surface area contributed by atoms with E-state index in [1.54, 1.807) is 0 Å². The van der Waals surface area contributed by atoms with E-state index >= 15 is 0 Å². The summed E-state index contributed by atoms with van der Waals surface area (Å²) in [4.78, 5) is 15.7. The van der Waals surface area contributed by atoms with Gasteiger partial charge in [-0.1, -0.05) is 115 Å². The van der Waals surface area contributed by atoms with Gasteiger partial charge in [0.1, 0.15) is 16.7 Å². The van der Waals surface area contributed by atoms with Gasteiger partial charge >= 0.3 is 0 Å². The minimum absolute atomic E-state index is 0.524. The van der Waals surface area contributed by atoms with Crippen LogP contribution in [-0.4, -0.2) is 24.1 Å². The number of hydrogen-bond donors (Lipinski definition) is 0. The second-order valence-electron chi connectivity index (χ2n) is 14.8. The third-order valence-electron chi connectivity index (χ3n) is 11.6. The maximum Gasteiger partial charge on any atom is 0.238 e. The summed E-state index contributed by atoms with van der Waals surface area (Å²) in [6, 6.07) is 60.8. The van der Waals surface area contributed by atoms with Gasteiger partial charge in [0, 0.05) is 48.7 Å². The third kappa shape index (κ3) is 4.35. The molecule has 270 valence electrons. The van der Waals surface area contributed by atoms with E-state index in [2.05, 4.69) is 143 Å². The van der Waals surface area contributed by atoms with E-state index in [4.69, 9.17) is 23.8 Å². The SMILES string of the molecule is c1ccc2c(c1)oc1c(-c3nc(-c4ccc5oc6c(-n7c8ccccc8c8ccccc87)cccc6c5c4)nc(-n4c5ccccc5c5ccccc54)n3)cccc12. The molecule has 7 nitrogen and oxygen atoms in total. The molecule has 0 amide bonds. The second kappa shape index (κ2) is 11.7. The molecular weight excluding hydrogens is 715 g/mol. The topological polar surface area (TPSA) is 74.8 Å². The average molecular weight is 744 g/mol. The number of para-hydroxylation sites is 7. The van der Waals surface area contributed by atoms with Crippen LogP contribution in [-0.2, 0) is 0 Å². The number of fused-ring (bicyclic) bond motifs is 12. The van der Waals surface area contributed by atoms with E-state index in [-0.39, 0.29) is 0 Å². The Balaban J connectivity index is 1.06. The smallest absolute Gasteiger partial charge is 0.238 e. The van der Waals surface area contributed by atoms with Crippen LogP contribution in [0.1, 0.15) is 0 Å². The fourth-order valence-electron chi connectivity index (χ4n) is 9.06. The highest BCUT2D eigenvalue weighted by Gasteiger charge is 2.22. The van der Waals surface area contributed by atoms with Gasteiger partial charge in [-0.2, -0.15) is 9.97 Å². The van der Waals surface area contributed by atoms with E-state index < -0.39 is 0 Å². The van der Waals surface area contributed by atoms with Crippen LogP contribution in [0.15, 0.2) is 185 Å². The fourth-order valence-corrected chi connectivity index (χ4v) is 9.06. The Labute approximate surface area is 329 Å². The zero-order valence-corrected chi connectivity index (χ0v) is 30.8. The lowest BCUT2D eigenvalue weighted by Crippen LogP contribution is -2.06. The van der Waals surface area contributed by atoms with Crippen molar-refractivity contribution < 1.29 is 8.83 Å². The van der Waals surface area contributed by atoms with Crippen molar-refractivity contribution >= 4 is 87.5 Å². The van der Waals surface area contributed by atoms with Gasteiger partial charge in [0.2, 0.25) is 5.95 Å². The average Bonchev–Trinajstić information content (AvgIpc) is 4.04. The molecule has 58 heavy (non-hydrogen) atoms. The molecule has 0 radical (unpaired) electrons. The summed E-state index contributed by atoms with van der Waals surface area (Å²) in [5.74, 6) is 1.60. The van der Waals surface area contributed by atoms with Crippen molar-refractivity contribution in [2.45, 2.75) is 0 Å². The van der Waals surface area contributed by atoms with Gasteiger partial charge in [-0.05, 0) is 60.7 Å². The number of nitrogens with zero attached hydrogens (tertiary/aromatic N) is 5. The van der Waals surface area contributed by atoms with Crippen LogP contribution in [0.25, 0.3) is 122 Å². The molecule has 0 spiro atoms. The Morgan fingerprint density at radius 1 is 0.345 bits per heavy atom. The molecule has 0 N–H and O–H groups in total. The van der Waals surface area contributed by atoms with Gasteiger partial charge in [0.05, 0.1) is 33.3 Å². The molecule has 0 aliphatic carbocycles. The zero-order chi connectivity index (χ0) is 37.9. The molecule has 7 heteroatoms. The van der Waals surface area contributed by atoms with Crippen LogP contribution in [0, 0.1) is 0 Å². The minimum atomic E-state index is 0.524. The Kier molecular flexibility index (Phi) is 6.32. The van der Waals surface area contributed by atoms with E-state index in [0.717, 1.165) is 93.5 Å². The van der Waals surface area contributed by atoms with Crippen LogP contribution in [0.2, 0.25) is 0 Å². The summed E-state index contributed by atoms with van der Waals surface area (Å²) >= 11 is 0. The van der Waals surface area contributed by atoms with Gasteiger partial charge in [-0.3, -0.25) is 4.57 Å². The maximum absolute atomic E-state index is 6.75. The van der Waals surface area contributed by atoms with Crippen LogP contribution in [0.3, 0.4) is 0 Å². The lowest BCUT2D eigenvalue weighted by atomic mass is 10.1. The largest absolute Gasteiger partial charge is 0.455 e. The summed E-state index contributed by atoms with van der Waals surface area (Å²) in [6.45, 7) is 0. The fraction of sp³-hybridized carbons (Fsp3) is 0. The predicted molar refractivity (Wildman–Crippen MR) is 234 cm³/mol. The molecule has 13 rings (SSSR count). The third-order valence-corrected chi connectivity index (χ3v) is 11.6. The molecule has 0 fully saturated rings. The van der Waals surface area contributed by atoms with Crippen molar-refractivity contribution in [1.29, 1.82) is 0 Å². The first-order chi connectivity index (χ1) is 28.8. The molecule has 0 aliphatic rings. The Hall–Kier alpha value is -8.03. The first kappa shape index (κ1) is 31.2. The molecule has 13 aromatic rings. The first-order valence-corrected chi connectivity index (χ1v) is 19.4.